The molecule has 2 N–H and O–H groups in total. The summed E-state index contributed by atoms with van der Waals surface area (Å²) < 4.78 is 5.37. The quantitative estimate of drug-likeness (QED) is 0.902. The SMILES string of the molecule is COc1ccc(C)cc1C(N)c1ccc(C)s1. The van der Waals surface area contributed by atoms with Gasteiger partial charge >= 0.3 is 0 Å². The molecule has 2 rings (SSSR count). The lowest BCUT2D eigenvalue weighted by Crippen LogP contribution is -2.11. The van der Waals surface area contributed by atoms with Gasteiger partial charge in [0.15, 0.2) is 0 Å². The molecule has 1 unspecified atom stereocenters. The second-order valence-corrected chi connectivity index (χ2v) is 5.49. The Bertz CT molecular complexity index is 519. The molecule has 0 aliphatic rings. The third kappa shape index (κ3) is 2.51. The lowest BCUT2D eigenvalue weighted by Gasteiger charge is -2.15. The van der Waals surface area contributed by atoms with Crippen molar-refractivity contribution in [1.29, 1.82) is 0 Å². The highest BCUT2D eigenvalue weighted by molar-refractivity contribution is 7.12. The van der Waals surface area contributed by atoms with E-state index in [4.69, 9.17) is 10.5 Å². The summed E-state index contributed by atoms with van der Waals surface area (Å²) in [6.45, 7) is 4.16. The Kier molecular flexibility index (Phi) is 3.50. The topological polar surface area (TPSA) is 35.2 Å². The molecule has 1 atom stereocenters. The van der Waals surface area contributed by atoms with Crippen LogP contribution in [0.4, 0.5) is 0 Å². The van der Waals surface area contributed by atoms with Crippen LogP contribution in [0.25, 0.3) is 0 Å². The van der Waals surface area contributed by atoms with Gasteiger partial charge in [-0.1, -0.05) is 17.7 Å². The van der Waals surface area contributed by atoms with Crippen LogP contribution < -0.4 is 10.5 Å². The van der Waals surface area contributed by atoms with Gasteiger partial charge in [0.05, 0.1) is 13.2 Å². The van der Waals surface area contributed by atoms with Crippen molar-refractivity contribution in [2.24, 2.45) is 5.73 Å². The van der Waals surface area contributed by atoms with Gasteiger partial charge in [-0.2, -0.15) is 0 Å². The maximum atomic E-state index is 6.31. The van der Waals surface area contributed by atoms with Gasteiger partial charge in [-0.15, -0.1) is 11.3 Å². The molecule has 90 valence electrons. The first-order chi connectivity index (χ1) is 8.11. The number of rotatable bonds is 3. The monoisotopic (exact) mass is 247 g/mol. The van der Waals surface area contributed by atoms with Crippen molar-refractivity contribution in [1.82, 2.24) is 0 Å². The average Bonchev–Trinajstić information content (AvgIpc) is 2.75. The number of hydrogen-bond acceptors (Lipinski definition) is 3. The van der Waals surface area contributed by atoms with Crippen LogP contribution in [-0.4, -0.2) is 7.11 Å². The first kappa shape index (κ1) is 12.1. The van der Waals surface area contributed by atoms with Crippen LogP contribution in [0.1, 0.15) is 26.9 Å². The maximum absolute atomic E-state index is 6.31. The van der Waals surface area contributed by atoms with Crippen LogP contribution in [0.15, 0.2) is 30.3 Å². The molecule has 17 heavy (non-hydrogen) atoms. The molecular weight excluding hydrogens is 230 g/mol. The van der Waals surface area contributed by atoms with Crippen LogP contribution in [-0.2, 0) is 0 Å². The number of ether oxygens (including phenoxy) is 1. The molecule has 1 heterocycles. The summed E-state index contributed by atoms with van der Waals surface area (Å²) >= 11 is 1.74. The first-order valence-corrected chi connectivity index (χ1v) is 6.40. The summed E-state index contributed by atoms with van der Waals surface area (Å²) in [7, 11) is 1.68. The van der Waals surface area contributed by atoms with Crippen molar-refractivity contribution in [3.63, 3.8) is 0 Å². The minimum Gasteiger partial charge on any atom is -0.496 e. The summed E-state index contributed by atoms with van der Waals surface area (Å²) in [6.07, 6.45) is 0. The van der Waals surface area contributed by atoms with E-state index in [0.29, 0.717) is 0 Å². The van der Waals surface area contributed by atoms with Crippen molar-refractivity contribution < 1.29 is 4.74 Å². The highest BCUT2D eigenvalue weighted by Crippen LogP contribution is 2.32. The maximum Gasteiger partial charge on any atom is 0.124 e. The molecular formula is C14H17NOS. The smallest absolute Gasteiger partial charge is 0.124 e. The highest BCUT2D eigenvalue weighted by atomic mass is 32.1. The van der Waals surface area contributed by atoms with Crippen LogP contribution >= 0.6 is 11.3 Å². The van der Waals surface area contributed by atoms with Crippen molar-refractivity contribution in [2.45, 2.75) is 19.9 Å². The molecule has 0 aliphatic carbocycles. The molecule has 0 aliphatic heterocycles. The lowest BCUT2D eigenvalue weighted by atomic mass is 10.0. The minimum atomic E-state index is -0.108. The number of benzene rings is 1. The fraction of sp³-hybridized carbons (Fsp3) is 0.286. The number of thiophene rings is 1. The Labute approximate surface area is 106 Å². The largest absolute Gasteiger partial charge is 0.496 e. The van der Waals surface area contributed by atoms with Gasteiger partial charge in [0.25, 0.3) is 0 Å². The van der Waals surface area contributed by atoms with Crippen LogP contribution in [0, 0.1) is 13.8 Å². The third-order valence-electron chi connectivity index (χ3n) is 2.79. The second kappa shape index (κ2) is 4.90. The van der Waals surface area contributed by atoms with E-state index in [-0.39, 0.29) is 6.04 Å². The predicted octanol–water partition coefficient (Wildman–Crippen LogP) is 3.42. The fourth-order valence-electron chi connectivity index (χ4n) is 1.87. The van der Waals surface area contributed by atoms with Crippen LogP contribution in [0.5, 0.6) is 5.75 Å². The van der Waals surface area contributed by atoms with E-state index in [2.05, 4.69) is 32.0 Å². The summed E-state index contributed by atoms with van der Waals surface area (Å²) in [5.74, 6) is 0.856. The van der Waals surface area contributed by atoms with E-state index in [1.54, 1.807) is 18.4 Å². The Morgan fingerprint density at radius 1 is 1.18 bits per heavy atom. The molecule has 1 aromatic carbocycles. The Hall–Kier alpha value is -1.32. The van der Waals surface area contributed by atoms with Gasteiger partial charge in [-0.25, -0.2) is 0 Å². The van der Waals surface area contributed by atoms with Gasteiger partial charge in [-0.3, -0.25) is 0 Å². The Morgan fingerprint density at radius 3 is 2.53 bits per heavy atom. The van der Waals surface area contributed by atoms with Crippen LogP contribution in [0.3, 0.4) is 0 Å². The van der Waals surface area contributed by atoms with Crippen molar-refractivity contribution in [3.8, 4) is 5.75 Å². The van der Waals surface area contributed by atoms with Crippen LogP contribution in [0.2, 0.25) is 0 Å². The number of nitrogens with two attached hydrogens (primary N) is 1. The molecule has 3 heteroatoms. The summed E-state index contributed by atoms with van der Waals surface area (Å²) in [5.41, 5.74) is 8.55. The third-order valence-corrected chi connectivity index (χ3v) is 3.87. The molecule has 0 radical (unpaired) electrons. The van der Waals surface area contributed by atoms with E-state index in [1.807, 2.05) is 12.1 Å². The molecule has 0 saturated carbocycles. The standard InChI is InChI=1S/C14H17NOS/c1-9-4-6-12(16-3)11(8-9)14(15)13-7-5-10(2)17-13/h4-8,14H,15H2,1-3H3. The highest BCUT2D eigenvalue weighted by Gasteiger charge is 2.15. The van der Waals surface area contributed by atoms with E-state index in [1.165, 1.54) is 15.3 Å². The number of aryl methyl sites for hydroxylation is 2. The second-order valence-electron chi connectivity index (χ2n) is 4.17. The van der Waals surface area contributed by atoms with E-state index in [9.17, 15) is 0 Å². The summed E-state index contributed by atoms with van der Waals surface area (Å²) in [4.78, 5) is 2.45. The van der Waals surface area contributed by atoms with E-state index in [0.717, 1.165) is 11.3 Å². The zero-order valence-electron chi connectivity index (χ0n) is 10.4. The molecule has 2 nitrogen and oxygen atoms in total. The normalized spacial score (nSPS) is 12.5. The zero-order chi connectivity index (χ0) is 12.4. The summed E-state index contributed by atoms with van der Waals surface area (Å²) in [5, 5.41) is 0. The molecule has 0 bridgehead atoms. The number of hydrogen-bond donors (Lipinski definition) is 1. The van der Waals surface area contributed by atoms with Gasteiger partial charge in [0, 0.05) is 15.3 Å². The van der Waals surface area contributed by atoms with E-state index < -0.39 is 0 Å². The molecule has 0 fully saturated rings. The average molecular weight is 247 g/mol. The van der Waals surface area contributed by atoms with Crippen molar-refractivity contribution in [3.05, 3.63) is 51.2 Å². The van der Waals surface area contributed by atoms with Gasteiger partial charge in [-0.05, 0) is 32.0 Å². The van der Waals surface area contributed by atoms with Crippen molar-refractivity contribution >= 4 is 11.3 Å². The Balaban J connectivity index is 2.42. The zero-order valence-corrected chi connectivity index (χ0v) is 11.2. The van der Waals surface area contributed by atoms with E-state index >= 15 is 0 Å². The molecule has 0 spiro atoms. The van der Waals surface area contributed by atoms with Gasteiger partial charge in [0.2, 0.25) is 0 Å². The first-order valence-electron chi connectivity index (χ1n) is 5.58. The fourth-order valence-corrected chi connectivity index (χ4v) is 2.77. The predicted molar refractivity (Wildman–Crippen MR) is 72.8 cm³/mol. The molecule has 0 saturated heterocycles. The summed E-state index contributed by atoms with van der Waals surface area (Å²) in [6, 6.07) is 10.2. The lowest BCUT2D eigenvalue weighted by molar-refractivity contribution is 0.408. The molecule has 1 aromatic heterocycles. The number of methoxy groups -OCH3 is 1. The Morgan fingerprint density at radius 2 is 1.94 bits per heavy atom. The van der Waals surface area contributed by atoms with Gasteiger partial charge in [0.1, 0.15) is 5.75 Å². The molecule has 2 aromatic rings. The van der Waals surface area contributed by atoms with Gasteiger partial charge < -0.3 is 10.5 Å². The minimum absolute atomic E-state index is 0.108. The molecule has 0 amide bonds. The van der Waals surface area contributed by atoms with Crippen molar-refractivity contribution in [2.75, 3.05) is 7.11 Å².